The highest BCUT2D eigenvalue weighted by molar-refractivity contribution is 5.73. The Labute approximate surface area is 162 Å². The van der Waals surface area contributed by atoms with Crippen LogP contribution in [0.5, 0.6) is 11.5 Å². The van der Waals surface area contributed by atoms with Crippen molar-refractivity contribution >= 4 is 6.03 Å². The van der Waals surface area contributed by atoms with Crippen molar-refractivity contribution < 1.29 is 14.3 Å². The quantitative estimate of drug-likeness (QED) is 0.683. The average molecular weight is 370 g/mol. The van der Waals surface area contributed by atoms with E-state index < -0.39 is 0 Å². The molecule has 0 aliphatic carbocycles. The van der Waals surface area contributed by atoms with E-state index in [1.54, 1.807) is 7.11 Å². The molecule has 0 aliphatic rings. The molecular weight excluding hydrogens is 340 g/mol. The van der Waals surface area contributed by atoms with Gasteiger partial charge in [-0.3, -0.25) is 0 Å². The number of carbonyl (C=O) groups is 1. The van der Waals surface area contributed by atoms with E-state index >= 15 is 0 Å². The molecule has 2 N–H and O–H groups in total. The van der Waals surface area contributed by atoms with Crippen molar-refractivity contribution in [1.29, 1.82) is 0 Å². The molecule has 0 aromatic heterocycles. The minimum absolute atomic E-state index is 0.141. The van der Waals surface area contributed by atoms with E-state index in [1.807, 2.05) is 36.4 Å². The molecule has 2 amide bonds. The number of amides is 2. The smallest absolute Gasteiger partial charge is 0.315 e. The van der Waals surface area contributed by atoms with Crippen LogP contribution in [-0.2, 0) is 12.0 Å². The minimum Gasteiger partial charge on any atom is -0.497 e. The first-order valence-corrected chi connectivity index (χ1v) is 9.26. The van der Waals surface area contributed by atoms with Crippen molar-refractivity contribution in [3.8, 4) is 11.5 Å². The van der Waals surface area contributed by atoms with Crippen LogP contribution < -0.4 is 20.1 Å². The fourth-order valence-corrected chi connectivity index (χ4v) is 2.50. The van der Waals surface area contributed by atoms with Crippen molar-refractivity contribution in [3.63, 3.8) is 0 Å². The van der Waals surface area contributed by atoms with Crippen LogP contribution in [0.25, 0.3) is 0 Å². The third-order valence-corrected chi connectivity index (χ3v) is 4.21. The summed E-state index contributed by atoms with van der Waals surface area (Å²) in [6.45, 7) is 8.17. The summed E-state index contributed by atoms with van der Waals surface area (Å²) >= 11 is 0. The van der Waals surface area contributed by atoms with Gasteiger partial charge in [-0.15, -0.1) is 0 Å². The number of carbonyl (C=O) groups excluding carboxylic acids is 1. The van der Waals surface area contributed by atoms with Crippen LogP contribution in [-0.4, -0.2) is 26.3 Å². The van der Waals surface area contributed by atoms with Gasteiger partial charge in [0.25, 0.3) is 0 Å². The lowest BCUT2D eigenvalue weighted by atomic mass is 9.87. The topological polar surface area (TPSA) is 59.6 Å². The molecule has 0 fully saturated rings. The van der Waals surface area contributed by atoms with Gasteiger partial charge in [0.05, 0.1) is 13.7 Å². The summed E-state index contributed by atoms with van der Waals surface area (Å²) in [5, 5.41) is 5.67. The summed E-state index contributed by atoms with van der Waals surface area (Å²) in [5.74, 6) is 1.66. The molecule has 0 aliphatic heterocycles. The van der Waals surface area contributed by atoms with E-state index in [0.29, 0.717) is 19.7 Å². The molecule has 2 aromatic rings. The van der Waals surface area contributed by atoms with Crippen LogP contribution in [0.4, 0.5) is 4.79 Å². The number of nitrogens with one attached hydrogen (secondary N) is 2. The van der Waals surface area contributed by atoms with Gasteiger partial charge in [0.2, 0.25) is 0 Å². The van der Waals surface area contributed by atoms with Crippen molar-refractivity contribution in [2.75, 3.05) is 20.3 Å². The Hall–Kier alpha value is -2.69. The van der Waals surface area contributed by atoms with Gasteiger partial charge in [0.1, 0.15) is 11.5 Å². The van der Waals surface area contributed by atoms with E-state index in [0.717, 1.165) is 23.5 Å². The zero-order valence-electron chi connectivity index (χ0n) is 16.7. The first kappa shape index (κ1) is 20.6. The lowest BCUT2D eigenvalue weighted by Gasteiger charge is -2.19. The second kappa shape index (κ2) is 9.86. The largest absolute Gasteiger partial charge is 0.497 e. The number of ether oxygens (including phenoxy) is 2. The Balaban J connectivity index is 1.60. The normalized spacial score (nSPS) is 11.0. The summed E-state index contributed by atoms with van der Waals surface area (Å²) in [6.07, 6.45) is 0.747. The first-order valence-electron chi connectivity index (χ1n) is 9.26. The molecule has 0 saturated heterocycles. The van der Waals surface area contributed by atoms with E-state index in [4.69, 9.17) is 9.47 Å². The van der Waals surface area contributed by atoms with Crippen molar-refractivity contribution in [2.24, 2.45) is 0 Å². The van der Waals surface area contributed by atoms with Gasteiger partial charge in [0.15, 0.2) is 0 Å². The number of rotatable bonds is 8. The predicted octanol–water partition coefficient (Wildman–Crippen LogP) is 4.26. The summed E-state index contributed by atoms with van der Waals surface area (Å²) in [5.41, 5.74) is 2.44. The van der Waals surface area contributed by atoms with Gasteiger partial charge in [0, 0.05) is 13.1 Å². The van der Waals surface area contributed by atoms with Gasteiger partial charge in [-0.2, -0.15) is 0 Å². The number of methoxy groups -OCH3 is 1. The molecule has 0 bridgehead atoms. The highest BCUT2D eigenvalue weighted by Gasteiger charge is 2.12. The van der Waals surface area contributed by atoms with Crippen molar-refractivity contribution in [1.82, 2.24) is 10.6 Å². The maximum Gasteiger partial charge on any atom is 0.315 e. The van der Waals surface area contributed by atoms with Gasteiger partial charge >= 0.3 is 6.03 Å². The van der Waals surface area contributed by atoms with Gasteiger partial charge in [-0.25, -0.2) is 4.79 Å². The summed E-state index contributed by atoms with van der Waals surface area (Å²) in [7, 11) is 1.63. The van der Waals surface area contributed by atoms with E-state index in [-0.39, 0.29) is 11.4 Å². The maximum absolute atomic E-state index is 11.8. The molecule has 2 aromatic carbocycles. The monoisotopic (exact) mass is 370 g/mol. The van der Waals surface area contributed by atoms with Crippen LogP contribution in [0.15, 0.2) is 48.5 Å². The maximum atomic E-state index is 11.8. The number of hydrogen-bond donors (Lipinski definition) is 2. The number of benzene rings is 2. The van der Waals surface area contributed by atoms with Crippen molar-refractivity contribution in [3.05, 3.63) is 59.7 Å². The zero-order valence-corrected chi connectivity index (χ0v) is 16.7. The van der Waals surface area contributed by atoms with Gasteiger partial charge < -0.3 is 20.1 Å². The Morgan fingerprint density at radius 1 is 0.926 bits per heavy atom. The molecule has 27 heavy (non-hydrogen) atoms. The van der Waals surface area contributed by atoms with Crippen LogP contribution in [0.1, 0.15) is 38.3 Å². The molecular formula is C22H30N2O3. The highest BCUT2D eigenvalue weighted by Crippen LogP contribution is 2.24. The minimum atomic E-state index is -0.180. The summed E-state index contributed by atoms with van der Waals surface area (Å²) < 4.78 is 10.8. The molecule has 0 atom stereocenters. The third kappa shape index (κ3) is 7.21. The SMILES string of the molecule is COc1ccc(CNC(=O)NCCCOc2ccc(C(C)(C)C)cc2)cc1. The zero-order chi connectivity index (χ0) is 19.7. The molecule has 5 heteroatoms. The number of hydrogen-bond acceptors (Lipinski definition) is 3. The van der Waals surface area contributed by atoms with Crippen molar-refractivity contribution in [2.45, 2.75) is 39.2 Å². The average Bonchev–Trinajstić information content (AvgIpc) is 2.66. The van der Waals surface area contributed by atoms with E-state index in [2.05, 4.69) is 43.5 Å². The fraction of sp³-hybridized carbons (Fsp3) is 0.409. The van der Waals surface area contributed by atoms with Crippen LogP contribution in [0, 0.1) is 0 Å². The van der Waals surface area contributed by atoms with Gasteiger partial charge in [-0.1, -0.05) is 45.0 Å². The Kier molecular flexibility index (Phi) is 7.53. The van der Waals surface area contributed by atoms with Gasteiger partial charge in [-0.05, 0) is 47.2 Å². The molecule has 146 valence electrons. The molecule has 2 rings (SSSR count). The molecule has 5 nitrogen and oxygen atoms in total. The van der Waals surface area contributed by atoms with Crippen LogP contribution in [0.3, 0.4) is 0 Å². The molecule has 0 heterocycles. The Morgan fingerprint density at radius 3 is 2.15 bits per heavy atom. The fourth-order valence-electron chi connectivity index (χ4n) is 2.50. The van der Waals surface area contributed by atoms with Crippen LogP contribution >= 0.6 is 0 Å². The molecule has 0 spiro atoms. The highest BCUT2D eigenvalue weighted by atomic mass is 16.5. The third-order valence-electron chi connectivity index (χ3n) is 4.21. The number of urea groups is 1. The standard InChI is InChI=1S/C22H30N2O3/c1-22(2,3)18-8-12-20(13-9-18)27-15-5-14-23-21(25)24-16-17-6-10-19(26-4)11-7-17/h6-13H,5,14-16H2,1-4H3,(H2,23,24,25). The van der Waals surface area contributed by atoms with E-state index in [1.165, 1.54) is 5.56 Å². The lowest BCUT2D eigenvalue weighted by molar-refractivity contribution is 0.238. The Bertz CT molecular complexity index is 704. The first-order chi connectivity index (χ1) is 12.9. The second-order valence-corrected chi connectivity index (χ2v) is 7.43. The molecule has 0 radical (unpaired) electrons. The summed E-state index contributed by atoms with van der Waals surface area (Å²) in [4.78, 5) is 11.8. The second-order valence-electron chi connectivity index (χ2n) is 7.43. The Morgan fingerprint density at radius 2 is 1.56 bits per heavy atom. The predicted molar refractivity (Wildman–Crippen MR) is 108 cm³/mol. The van der Waals surface area contributed by atoms with E-state index in [9.17, 15) is 4.79 Å². The van der Waals surface area contributed by atoms with Crippen LogP contribution in [0.2, 0.25) is 0 Å². The molecule has 0 unspecified atom stereocenters. The lowest BCUT2D eigenvalue weighted by Crippen LogP contribution is -2.35. The molecule has 0 saturated carbocycles. The summed E-state index contributed by atoms with van der Waals surface area (Å²) in [6, 6.07) is 15.6.